The number of rotatable bonds is 10. The van der Waals surface area contributed by atoms with Gasteiger partial charge >= 0.3 is 0 Å². The number of nitriles is 1. The number of benzene rings is 2. The zero-order valence-corrected chi connectivity index (χ0v) is 20.5. The molecule has 8 heteroatoms. The summed E-state index contributed by atoms with van der Waals surface area (Å²) in [4.78, 5) is 15.4. The van der Waals surface area contributed by atoms with Gasteiger partial charge in [-0.25, -0.2) is 0 Å². The largest absolute Gasteiger partial charge is 0.372 e. The number of nitrogens with zero attached hydrogens (tertiary/aromatic N) is 6. The highest BCUT2D eigenvalue weighted by Gasteiger charge is 2.18. The molecule has 2 aromatic carbocycles. The van der Waals surface area contributed by atoms with Crippen LogP contribution in [-0.2, 0) is 13.6 Å². The van der Waals surface area contributed by atoms with E-state index in [1.54, 1.807) is 0 Å². The summed E-state index contributed by atoms with van der Waals surface area (Å²) in [6.45, 7) is 6.79. The van der Waals surface area contributed by atoms with Crippen molar-refractivity contribution in [1.82, 2.24) is 19.3 Å². The van der Waals surface area contributed by atoms with Crippen molar-refractivity contribution < 1.29 is 4.79 Å². The van der Waals surface area contributed by atoms with E-state index in [-0.39, 0.29) is 11.5 Å². The van der Waals surface area contributed by atoms with Gasteiger partial charge in [0.15, 0.2) is 16.8 Å². The molecule has 0 aliphatic carbocycles. The van der Waals surface area contributed by atoms with Crippen LogP contribution in [0.2, 0.25) is 0 Å². The van der Waals surface area contributed by atoms with Crippen molar-refractivity contribution >= 4 is 34.1 Å². The van der Waals surface area contributed by atoms with Crippen molar-refractivity contribution in [2.75, 3.05) is 23.7 Å². The highest BCUT2D eigenvalue weighted by molar-refractivity contribution is 7.99. The zero-order chi connectivity index (χ0) is 24.1. The zero-order valence-electron chi connectivity index (χ0n) is 19.7. The van der Waals surface area contributed by atoms with Crippen LogP contribution in [0.1, 0.15) is 30.6 Å². The first kappa shape index (κ1) is 23.6. The van der Waals surface area contributed by atoms with Gasteiger partial charge in [0.1, 0.15) is 0 Å². The number of carbonyl (C=O) groups is 1. The molecule has 0 aliphatic heterocycles. The topological polar surface area (TPSA) is 79.7 Å². The Balaban J connectivity index is 1.49. The lowest BCUT2D eigenvalue weighted by Gasteiger charge is -2.21. The SMILES string of the molecule is CCN(CC)c1ccc(-c2nnc(SCC(=O)c3cn(CCC#N)c4ccccc34)n2C)cc1. The maximum atomic E-state index is 13.1. The number of para-hydroxylation sites is 1. The monoisotopic (exact) mass is 472 g/mol. The maximum Gasteiger partial charge on any atom is 0.191 e. The molecule has 0 aliphatic rings. The molecule has 0 spiro atoms. The Bertz CT molecular complexity index is 1330. The van der Waals surface area contributed by atoms with Crippen LogP contribution in [0, 0.1) is 11.3 Å². The van der Waals surface area contributed by atoms with Gasteiger partial charge in [-0.3, -0.25) is 4.79 Å². The lowest BCUT2D eigenvalue weighted by atomic mass is 10.1. The normalized spacial score (nSPS) is 11.0. The van der Waals surface area contributed by atoms with Gasteiger partial charge in [0.05, 0.1) is 18.2 Å². The molecule has 0 atom stereocenters. The van der Waals surface area contributed by atoms with Crippen LogP contribution in [-0.4, -0.2) is 44.0 Å². The Morgan fingerprint density at radius 1 is 1.09 bits per heavy atom. The summed E-state index contributed by atoms with van der Waals surface area (Å²) in [5.41, 5.74) is 3.82. The molecule has 0 saturated carbocycles. The third-order valence-electron chi connectivity index (χ3n) is 5.97. The minimum absolute atomic E-state index is 0.0324. The molecule has 0 saturated heterocycles. The Morgan fingerprint density at radius 3 is 2.53 bits per heavy atom. The van der Waals surface area contributed by atoms with Crippen molar-refractivity contribution in [3.05, 3.63) is 60.3 Å². The van der Waals surface area contributed by atoms with Crippen LogP contribution in [0.3, 0.4) is 0 Å². The van der Waals surface area contributed by atoms with E-state index in [2.05, 4.69) is 59.3 Å². The molecule has 7 nitrogen and oxygen atoms in total. The quantitative estimate of drug-likeness (QED) is 0.234. The second-order valence-electron chi connectivity index (χ2n) is 7.96. The number of hydrogen-bond acceptors (Lipinski definition) is 6. The van der Waals surface area contributed by atoms with Gasteiger partial charge in [-0.15, -0.1) is 10.2 Å². The number of anilines is 1. The number of aryl methyl sites for hydroxylation is 1. The Morgan fingerprint density at radius 2 is 1.82 bits per heavy atom. The average Bonchev–Trinajstić information content (AvgIpc) is 3.43. The summed E-state index contributed by atoms with van der Waals surface area (Å²) >= 11 is 1.39. The van der Waals surface area contributed by atoms with Crippen molar-refractivity contribution in [3.63, 3.8) is 0 Å². The summed E-state index contributed by atoms with van der Waals surface area (Å²) in [6.07, 6.45) is 2.27. The summed E-state index contributed by atoms with van der Waals surface area (Å²) < 4.78 is 3.92. The number of fused-ring (bicyclic) bond motifs is 1. The molecule has 174 valence electrons. The van der Waals surface area contributed by atoms with Crippen LogP contribution in [0.15, 0.2) is 59.9 Å². The van der Waals surface area contributed by atoms with Crippen LogP contribution in [0.25, 0.3) is 22.3 Å². The molecular formula is C26H28N6OS. The number of ketones is 1. The van der Waals surface area contributed by atoms with Gasteiger partial charge < -0.3 is 14.0 Å². The van der Waals surface area contributed by atoms with Crippen LogP contribution in [0.4, 0.5) is 5.69 Å². The first-order valence-electron chi connectivity index (χ1n) is 11.4. The van der Waals surface area contributed by atoms with E-state index in [4.69, 9.17) is 5.26 Å². The lowest BCUT2D eigenvalue weighted by molar-refractivity contribution is 0.102. The lowest BCUT2D eigenvalue weighted by Crippen LogP contribution is -2.21. The third kappa shape index (κ3) is 4.70. The van der Waals surface area contributed by atoms with Crippen LogP contribution < -0.4 is 4.90 Å². The summed E-state index contributed by atoms with van der Waals surface area (Å²) in [7, 11) is 1.92. The fourth-order valence-corrected chi connectivity index (χ4v) is 4.93. The number of Topliss-reactive ketones (excluding diaryl/α,β-unsaturated/α-hetero) is 1. The number of hydrogen-bond donors (Lipinski definition) is 0. The molecule has 34 heavy (non-hydrogen) atoms. The second kappa shape index (κ2) is 10.6. The predicted molar refractivity (Wildman–Crippen MR) is 137 cm³/mol. The molecule has 0 fully saturated rings. The number of carbonyl (C=O) groups excluding carboxylic acids is 1. The highest BCUT2D eigenvalue weighted by Crippen LogP contribution is 2.27. The van der Waals surface area contributed by atoms with Crippen molar-refractivity contribution in [3.8, 4) is 17.5 Å². The van der Waals surface area contributed by atoms with E-state index >= 15 is 0 Å². The molecule has 0 radical (unpaired) electrons. The molecule has 0 unspecified atom stereocenters. The van der Waals surface area contributed by atoms with E-state index in [0.717, 1.165) is 35.4 Å². The molecule has 0 bridgehead atoms. The summed E-state index contributed by atoms with van der Waals surface area (Å²) in [5.74, 6) is 1.07. The Labute approximate surface area is 204 Å². The standard InChI is InChI=1S/C26H28N6OS/c1-4-31(5-2)20-13-11-19(12-14-20)25-28-29-26(30(25)3)34-18-24(33)22-17-32(16-8-15-27)23-10-7-6-9-21(22)23/h6-7,9-14,17H,4-5,8,16,18H2,1-3H3. The first-order chi connectivity index (χ1) is 16.6. The first-order valence-corrected chi connectivity index (χ1v) is 12.4. The van der Waals surface area contributed by atoms with Crippen molar-refractivity contribution in [2.24, 2.45) is 7.05 Å². The van der Waals surface area contributed by atoms with Gasteiger partial charge in [0.2, 0.25) is 0 Å². The molecule has 2 aromatic heterocycles. The predicted octanol–water partition coefficient (Wildman–Crippen LogP) is 5.17. The minimum Gasteiger partial charge on any atom is -0.372 e. The van der Waals surface area contributed by atoms with Gasteiger partial charge in [-0.05, 0) is 44.2 Å². The van der Waals surface area contributed by atoms with E-state index in [1.165, 1.54) is 17.4 Å². The Kier molecular flexibility index (Phi) is 7.33. The fourth-order valence-electron chi connectivity index (χ4n) is 4.13. The van der Waals surface area contributed by atoms with E-state index in [0.29, 0.717) is 23.7 Å². The molecular weight excluding hydrogens is 444 g/mol. The molecule has 2 heterocycles. The third-order valence-corrected chi connectivity index (χ3v) is 7.00. The van der Waals surface area contributed by atoms with Crippen molar-refractivity contribution in [2.45, 2.75) is 32.0 Å². The molecule has 4 aromatic rings. The molecule has 0 N–H and O–H groups in total. The van der Waals surface area contributed by atoms with Gasteiger partial charge in [0.25, 0.3) is 0 Å². The minimum atomic E-state index is 0.0324. The highest BCUT2D eigenvalue weighted by atomic mass is 32.2. The molecule has 4 rings (SSSR count). The van der Waals surface area contributed by atoms with Crippen molar-refractivity contribution in [1.29, 1.82) is 5.26 Å². The average molecular weight is 473 g/mol. The van der Waals surface area contributed by atoms with Gasteiger partial charge in [0, 0.05) is 60.6 Å². The number of thioether (sulfide) groups is 1. The Hall–Kier alpha value is -3.57. The van der Waals surface area contributed by atoms with Gasteiger partial charge in [-0.2, -0.15) is 5.26 Å². The summed E-state index contributed by atoms with van der Waals surface area (Å²) in [6, 6.07) is 18.3. The summed E-state index contributed by atoms with van der Waals surface area (Å²) in [5, 5.41) is 19.3. The van der Waals surface area contributed by atoms with Crippen LogP contribution in [0.5, 0.6) is 0 Å². The smallest absolute Gasteiger partial charge is 0.191 e. The van der Waals surface area contributed by atoms with E-state index < -0.39 is 0 Å². The maximum absolute atomic E-state index is 13.1. The second-order valence-corrected chi connectivity index (χ2v) is 8.90. The fraction of sp³-hybridized carbons (Fsp3) is 0.308. The van der Waals surface area contributed by atoms with Crippen LogP contribution >= 0.6 is 11.8 Å². The van der Waals surface area contributed by atoms with Gasteiger partial charge in [-0.1, -0.05) is 30.0 Å². The number of aromatic nitrogens is 4. The van der Waals surface area contributed by atoms with E-state index in [1.807, 2.05) is 46.6 Å². The van der Waals surface area contributed by atoms with E-state index in [9.17, 15) is 4.79 Å². The molecule has 0 amide bonds.